The molecule has 1 fully saturated rings. The standard InChI is InChI=1S/C18H28N2O4/c1-19(2)18(21)15-11-20(10-14(15)12-22-3)9-13-7-6-8-16(23-4)17(13)24-5/h6-8,14-15H,9-12H2,1-5H3/t14-,15+/m0/s1. The van der Waals surface area contributed by atoms with Crippen molar-refractivity contribution in [3.05, 3.63) is 23.8 Å². The van der Waals surface area contributed by atoms with Crippen molar-refractivity contribution in [1.29, 1.82) is 0 Å². The molecule has 2 rings (SSSR count). The molecule has 6 heteroatoms. The topological polar surface area (TPSA) is 51.2 Å². The van der Waals surface area contributed by atoms with E-state index in [9.17, 15) is 4.79 Å². The van der Waals surface area contributed by atoms with Gasteiger partial charge < -0.3 is 19.1 Å². The number of nitrogens with zero attached hydrogens (tertiary/aromatic N) is 2. The van der Waals surface area contributed by atoms with Crippen molar-refractivity contribution < 1.29 is 19.0 Å². The molecule has 1 heterocycles. The largest absolute Gasteiger partial charge is 0.493 e. The first kappa shape index (κ1) is 18.5. The van der Waals surface area contributed by atoms with Crippen molar-refractivity contribution in [2.75, 3.05) is 55.1 Å². The zero-order valence-corrected chi connectivity index (χ0v) is 15.2. The fourth-order valence-electron chi connectivity index (χ4n) is 3.40. The van der Waals surface area contributed by atoms with Crippen molar-refractivity contribution in [2.45, 2.75) is 6.54 Å². The summed E-state index contributed by atoms with van der Waals surface area (Å²) < 4.78 is 16.2. The fourth-order valence-corrected chi connectivity index (χ4v) is 3.40. The number of para-hydroxylation sites is 1. The van der Waals surface area contributed by atoms with E-state index in [4.69, 9.17) is 14.2 Å². The van der Waals surface area contributed by atoms with Gasteiger partial charge in [-0.3, -0.25) is 9.69 Å². The molecule has 1 saturated heterocycles. The van der Waals surface area contributed by atoms with Crippen LogP contribution in [0.2, 0.25) is 0 Å². The van der Waals surface area contributed by atoms with Crippen LogP contribution >= 0.6 is 0 Å². The van der Waals surface area contributed by atoms with Gasteiger partial charge in [0.15, 0.2) is 11.5 Å². The maximum atomic E-state index is 12.5. The Morgan fingerprint density at radius 2 is 1.96 bits per heavy atom. The van der Waals surface area contributed by atoms with Gasteiger partial charge in [0.1, 0.15) is 0 Å². The summed E-state index contributed by atoms with van der Waals surface area (Å²) in [4.78, 5) is 16.4. The summed E-state index contributed by atoms with van der Waals surface area (Å²) in [7, 11) is 8.58. The van der Waals surface area contributed by atoms with Crippen LogP contribution in [-0.2, 0) is 16.1 Å². The molecule has 0 N–H and O–H groups in total. The van der Waals surface area contributed by atoms with Crippen molar-refractivity contribution in [3.8, 4) is 11.5 Å². The van der Waals surface area contributed by atoms with E-state index in [-0.39, 0.29) is 17.7 Å². The monoisotopic (exact) mass is 336 g/mol. The molecule has 0 saturated carbocycles. The Morgan fingerprint density at radius 1 is 1.21 bits per heavy atom. The van der Waals surface area contributed by atoms with E-state index in [1.165, 1.54) is 0 Å². The van der Waals surface area contributed by atoms with Crippen LogP contribution < -0.4 is 9.47 Å². The lowest BCUT2D eigenvalue weighted by molar-refractivity contribution is -0.134. The Morgan fingerprint density at radius 3 is 2.54 bits per heavy atom. The molecule has 134 valence electrons. The SMILES string of the molecule is COC[C@@H]1CN(Cc2cccc(OC)c2OC)C[C@H]1C(=O)N(C)C. The van der Waals surface area contributed by atoms with Gasteiger partial charge in [0.2, 0.25) is 5.91 Å². The molecule has 1 aliphatic heterocycles. The first-order valence-corrected chi connectivity index (χ1v) is 8.14. The number of carbonyl (C=O) groups is 1. The highest BCUT2D eigenvalue weighted by Gasteiger charge is 2.38. The van der Waals surface area contributed by atoms with E-state index in [2.05, 4.69) is 4.90 Å². The molecule has 1 aliphatic rings. The number of methoxy groups -OCH3 is 3. The van der Waals surface area contributed by atoms with Crippen molar-refractivity contribution >= 4 is 5.91 Å². The van der Waals surface area contributed by atoms with Gasteiger partial charge in [0.05, 0.1) is 26.7 Å². The number of benzene rings is 1. The van der Waals surface area contributed by atoms with Gasteiger partial charge in [0.25, 0.3) is 0 Å². The highest BCUT2D eigenvalue weighted by Crippen LogP contribution is 2.33. The maximum Gasteiger partial charge on any atom is 0.226 e. The van der Waals surface area contributed by atoms with Gasteiger partial charge in [-0.05, 0) is 6.07 Å². The number of hydrogen-bond donors (Lipinski definition) is 0. The molecule has 1 aromatic carbocycles. The van der Waals surface area contributed by atoms with Crippen LogP contribution in [0.25, 0.3) is 0 Å². The van der Waals surface area contributed by atoms with E-state index in [0.29, 0.717) is 6.61 Å². The molecule has 0 spiro atoms. The van der Waals surface area contributed by atoms with Crippen molar-refractivity contribution in [3.63, 3.8) is 0 Å². The number of carbonyl (C=O) groups excluding carboxylic acids is 1. The van der Waals surface area contributed by atoms with Crippen LogP contribution in [0.4, 0.5) is 0 Å². The molecular weight excluding hydrogens is 308 g/mol. The molecule has 2 atom stereocenters. The Labute approximate surface area is 144 Å². The highest BCUT2D eigenvalue weighted by atomic mass is 16.5. The number of amides is 1. The highest BCUT2D eigenvalue weighted by molar-refractivity contribution is 5.79. The third-order valence-corrected chi connectivity index (χ3v) is 4.53. The van der Waals surface area contributed by atoms with E-state index in [1.54, 1.807) is 40.3 Å². The van der Waals surface area contributed by atoms with E-state index in [0.717, 1.165) is 36.7 Å². The van der Waals surface area contributed by atoms with Gasteiger partial charge in [0, 0.05) is 52.3 Å². The summed E-state index contributed by atoms with van der Waals surface area (Å²) in [5.74, 6) is 1.82. The Kier molecular flexibility index (Phi) is 6.45. The summed E-state index contributed by atoms with van der Waals surface area (Å²) in [6.07, 6.45) is 0. The Hall–Kier alpha value is -1.79. The second kappa shape index (κ2) is 8.35. The summed E-state index contributed by atoms with van der Waals surface area (Å²) >= 11 is 0. The molecule has 1 aromatic rings. The third-order valence-electron chi connectivity index (χ3n) is 4.53. The molecule has 6 nitrogen and oxygen atoms in total. The van der Waals surface area contributed by atoms with Crippen LogP contribution in [0.5, 0.6) is 11.5 Å². The van der Waals surface area contributed by atoms with Crippen LogP contribution in [0.3, 0.4) is 0 Å². The molecule has 0 bridgehead atoms. The number of hydrogen-bond acceptors (Lipinski definition) is 5. The lowest BCUT2D eigenvalue weighted by Gasteiger charge is -2.21. The predicted octanol–water partition coefficient (Wildman–Crippen LogP) is 1.49. The van der Waals surface area contributed by atoms with E-state index in [1.807, 2.05) is 18.2 Å². The maximum absolute atomic E-state index is 12.5. The van der Waals surface area contributed by atoms with Crippen molar-refractivity contribution in [2.24, 2.45) is 11.8 Å². The first-order chi connectivity index (χ1) is 11.5. The second-order valence-corrected chi connectivity index (χ2v) is 6.40. The summed E-state index contributed by atoms with van der Waals surface area (Å²) in [5.41, 5.74) is 1.06. The Bertz CT molecular complexity index is 562. The summed E-state index contributed by atoms with van der Waals surface area (Å²) in [6, 6.07) is 5.88. The van der Waals surface area contributed by atoms with Crippen LogP contribution in [0, 0.1) is 11.8 Å². The smallest absolute Gasteiger partial charge is 0.226 e. The minimum atomic E-state index is -0.0310. The van der Waals surface area contributed by atoms with E-state index >= 15 is 0 Å². The fraction of sp³-hybridized carbons (Fsp3) is 0.611. The molecule has 0 unspecified atom stereocenters. The number of likely N-dealkylation sites (tertiary alicyclic amines) is 1. The molecular formula is C18H28N2O4. The predicted molar refractivity (Wildman–Crippen MR) is 92.4 cm³/mol. The van der Waals surface area contributed by atoms with Crippen LogP contribution in [-0.4, -0.2) is 70.8 Å². The normalized spacial score (nSPS) is 20.9. The number of rotatable bonds is 7. The summed E-state index contributed by atoms with van der Waals surface area (Å²) in [5, 5.41) is 0. The molecule has 0 aliphatic carbocycles. The van der Waals surface area contributed by atoms with E-state index < -0.39 is 0 Å². The number of ether oxygens (including phenoxy) is 3. The molecule has 1 amide bonds. The van der Waals surface area contributed by atoms with Gasteiger partial charge in [-0.2, -0.15) is 0 Å². The third kappa shape index (κ3) is 3.99. The zero-order valence-electron chi connectivity index (χ0n) is 15.2. The van der Waals surface area contributed by atoms with Crippen molar-refractivity contribution in [1.82, 2.24) is 9.80 Å². The van der Waals surface area contributed by atoms with Gasteiger partial charge in [-0.25, -0.2) is 0 Å². The van der Waals surface area contributed by atoms with Gasteiger partial charge >= 0.3 is 0 Å². The van der Waals surface area contributed by atoms with Gasteiger partial charge in [-0.1, -0.05) is 12.1 Å². The average Bonchev–Trinajstić information content (AvgIpc) is 2.96. The molecule has 0 radical (unpaired) electrons. The lowest BCUT2D eigenvalue weighted by Crippen LogP contribution is -2.35. The lowest BCUT2D eigenvalue weighted by atomic mass is 9.96. The minimum absolute atomic E-state index is 0.0310. The van der Waals surface area contributed by atoms with Gasteiger partial charge in [-0.15, -0.1) is 0 Å². The molecule has 24 heavy (non-hydrogen) atoms. The quantitative estimate of drug-likeness (QED) is 0.755. The van der Waals surface area contributed by atoms with Crippen LogP contribution in [0.15, 0.2) is 18.2 Å². The average molecular weight is 336 g/mol. The minimum Gasteiger partial charge on any atom is -0.493 e. The second-order valence-electron chi connectivity index (χ2n) is 6.40. The van der Waals surface area contributed by atoms with Crippen LogP contribution in [0.1, 0.15) is 5.56 Å². The molecule has 0 aromatic heterocycles. The Balaban J connectivity index is 2.15. The zero-order chi connectivity index (χ0) is 17.7. The summed E-state index contributed by atoms with van der Waals surface area (Å²) in [6.45, 7) is 2.87. The first-order valence-electron chi connectivity index (χ1n) is 8.14.